The van der Waals surface area contributed by atoms with Crippen LogP contribution in [0.5, 0.6) is 0 Å². The fourth-order valence-corrected chi connectivity index (χ4v) is 7.96. The Morgan fingerprint density at radius 2 is 0.945 bits per heavy atom. The Morgan fingerprint density at radius 3 is 1.35 bits per heavy atom. The van der Waals surface area contributed by atoms with Crippen LogP contribution in [0.2, 0.25) is 0 Å². The number of benzene rings is 1. The fraction of sp³-hybridized carbons (Fsp3) is 0.787. The molecule has 2 atom stereocenters. The number of rotatable bonds is 34. The molecule has 0 bridgehead atoms. The number of aliphatic carboxylic acids is 4. The van der Waals surface area contributed by atoms with Gasteiger partial charge in [-0.2, -0.15) is 0 Å². The second kappa shape index (κ2) is 31.2. The quantitative estimate of drug-likeness (QED) is 0.0506. The van der Waals surface area contributed by atoms with Crippen LogP contribution in [0.4, 0.5) is 0 Å². The second-order valence-electron chi connectivity index (χ2n) is 17.3. The molecule has 0 spiro atoms. The van der Waals surface area contributed by atoms with E-state index in [2.05, 4.69) is 41.5 Å². The Labute approximate surface area is 335 Å². The smallest absolute Gasteiger partial charge is 0.309 e. The Hall–Kier alpha value is -2.90. The lowest BCUT2D eigenvalue weighted by Crippen LogP contribution is -2.36. The van der Waals surface area contributed by atoms with E-state index in [4.69, 9.17) is 10.2 Å². The minimum absolute atomic E-state index is 0.0234. The summed E-state index contributed by atoms with van der Waals surface area (Å²) in [6.07, 6.45) is 22.5. The summed E-state index contributed by atoms with van der Waals surface area (Å²) in [5.74, 6) is -1.33. The molecule has 2 unspecified atom stereocenters. The molecule has 0 aromatic heterocycles. The number of carboxylic acid groups (broad SMARTS) is 4. The van der Waals surface area contributed by atoms with Crippen molar-refractivity contribution in [3.05, 3.63) is 35.9 Å². The van der Waals surface area contributed by atoms with Crippen molar-refractivity contribution in [1.29, 1.82) is 0 Å². The zero-order chi connectivity index (χ0) is 41.5. The van der Waals surface area contributed by atoms with E-state index in [9.17, 15) is 29.4 Å². The first kappa shape index (κ1) is 52.1. The maximum absolute atomic E-state index is 12.3. The summed E-state index contributed by atoms with van der Waals surface area (Å²) < 4.78 is 0. The molecule has 0 fully saturated rings. The van der Waals surface area contributed by atoms with Gasteiger partial charge >= 0.3 is 23.9 Å². The number of hydrogen-bond acceptors (Lipinski definition) is 4. The lowest BCUT2D eigenvalue weighted by molar-refractivity contribution is -0.152. The highest BCUT2D eigenvalue weighted by molar-refractivity contribution is 5.75. The number of hydrogen-bond donors (Lipinski definition) is 4. The van der Waals surface area contributed by atoms with Crippen molar-refractivity contribution in [1.82, 2.24) is 0 Å². The third kappa shape index (κ3) is 25.8. The summed E-state index contributed by atoms with van der Waals surface area (Å²) in [6.45, 7) is 13.3. The van der Waals surface area contributed by atoms with Gasteiger partial charge in [0.2, 0.25) is 0 Å². The summed E-state index contributed by atoms with van der Waals surface area (Å²) in [4.78, 5) is 46.3. The van der Waals surface area contributed by atoms with Gasteiger partial charge in [0, 0.05) is 12.8 Å². The predicted molar refractivity (Wildman–Crippen MR) is 225 cm³/mol. The Balaban J connectivity index is 0.00000108. The minimum atomic E-state index is -0.884. The minimum Gasteiger partial charge on any atom is -0.481 e. The normalized spacial score (nSPS) is 13.2. The van der Waals surface area contributed by atoms with Gasteiger partial charge in [-0.15, -0.1) is 0 Å². The molecule has 0 heterocycles. The van der Waals surface area contributed by atoms with Crippen LogP contribution < -0.4 is 0 Å². The fourth-order valence-electron chi connectivity index (χ4n) is 7.96. The van der Waals surface area contributed by atoms with Gasteiger partial charge in [-0.05, 0) is 74.7 Å². The van der Waals surface area contributed by atoms with Gasteiger partial charge < -0.3 is 20.4 Å². The van der Waals surface area contributed by atoms with Gasteiger partial charge in [-0.3, -0.25) is 19.2 Å². The summed E-state index contributed by atoms with van der Waals surface area (Å²) >= 11 is 0. The van der Waals surface area contributed by atoms with E-state index in [0.29, 0.717) is 57.3 Å². The van der Waals surface area contributed by atoms with E-state index < -0.39 is 34.7 Å². The van der Waals surface area contributed by atoms with Crippen molar-refractivity contribution in [2.75, 3.05) is 0 Å². The molecule has 0 aliphatic rings. The van der Waals surface area contributed by atoms with Crippen LogP contribution in [0, 0.1) is 28.6 Å². The number of carboxylic acids is 4. The van der Waals surface area contributed by atoms with Crippen LogP contribution in [0.1, 0.15) is 208 Å². The van der Waals surface area contributed by atoms with E-state index >= 15 is 0 Å². The molecule has 1 aromatic rings. The molecular weight excluding hydrogens is 693 g/mol. The standard InChI is InChI=1S/C26H50O4.C21H32O4/c1-22(2)16-11-7-5-9-13-19-26(25(29)30,21-15-18-24(27)28)20-14-10-6-8-12-17-23(3)4;1-3-5-10-17(4-2)15-21(20(24)25,14-9-13-19(22)23)16-18-11-7-6-8-12-18/h22-23H,5-21H2,1-4H3,(H,27,28)(H,29,30);6-8,11-12,17H,3-5,9-10,13-16H2,1-2H3,(H,22,23)(H,24,25). The van der Waals surface area contributed by atoms with Gasteiger partial charge in [-0.25, -0.2) is 0 Å². The van der Waals surface area contributed by atoms with Gasteiger partial charge in [-0.1, -0.05) is 175 Å². The molecule has 8 heteroatoms. The van der Waals surface area contributed by atoms with E-state index in [1.807, 2.05) is 30.3 Å². The van der Waals surface area contributed by atoms with Crippen LogP contribution in [0.15, 0.2) is 30.3 Å². The molecule has 55 heavy (non-hydrogen) atoms. The average molecular weight is 775 g/mol. The molecule has 0 radical (unpaired) electrons. The maximum atomic E-state index is 12.3. The van der Waals surface area contributed by atoms with Crippen molar-refractivity contribution in [2.45, 2.75) is 208 Å². The van der Waals surface area contributed by atoms with E-state index in [0.717, 1.165) is 68.8 Å². The summed E-state index contributed by atoms with van der Waals surface area (Å²) in [7, 11) is 0. The first-order chi connectivity index (χ1) is 26.1. The maximum Gasteiger partial charge on any atom is 0.309 e. The summed E-state index contributed by atoms with van der Waals surface area (Å²) in [6, 6.07) is 9.69. The van der Waals surface area contributed by atoms with Crippen LogP contribution in [-0.2, 0) is 25.6 Å². The first-order valence-corrected chi connectivity index (χ1v) is 22.1. The third-order valence-corrected chi connectivity index (χ3v) is 11.5. The molecule has 4 N–H and O–H groups in total. The topological polar surface area (TPSA) is 149 Å². The van der Waals surface area contributed by atoms with E-state index in [1.165, 1.54) is 51.4 Å². The number of carbonyl (C=O) groups is 4. The Morgan fingerprint density at radius 1 is 0.527 bits per heavy atom. The lowest BCUT2D eigenvalue weighted by Gasteiger charge is -2.33. The van der Waals surface area contributed by atoms with Crippen LogP contribution in [0.3, 0.4) is 0 Å². The highest BCUT2D eigenvalue weighted by Crippen LogP contribution is 2.40. The summed E-state index contributed by atoms with van der Waals surface area (Å²) in [5.41, 5.74) is -0.609. The number of unbranched alkanes of at least 4 members (excludes halogenated alkanes) is 9. The molecule has 0 aliphatic heterocycles. The van der Waals surface area contributed by atoms with Gasteiger partial charge in [0.25, 0.3) is 0 Å². The highest BCUT2D eigenvalue weighted by Gasteiger charge is 2.40. The zero-order valence-corrected chi connectivity index (χ0v) is 35.9. The van der Waals surface area contributed by atoms with Gasteiger partial charge in [0.1, 0.15) is 0 Å². The van der Waals surface area contributed by atoms with Crippen molar-refractivity contribution < 1.29 is 39.6 Å². The molecule has 1 rings (SSSR count). The molecule has 1 aromatic carbocycles. The van der Waals surface area contributed by atoms with Crippen LogP contribution in [0.25, 0.3) is 0 Å². The zero-order valence-electron chi connectivity index (χ0n) is 35.9. The first-order valence-electron chi connectivity index (χ1n) is 22.1. The molecule has 0 saturated carbocycles. The van der Waals surface area contributed by atoms with Crippen molar-refractivity contribution in [2.24, 2.45) is 28.6 Å². The predicted octanol–water partition coefficient (Wildman–Crippen LogP) is 13.2. The Kier molecular flexibility index (Phi) is 29.6. The van der Waals surface area contributed by atoms with Gasteiger partial charge in [0.15, 0.2) is 0 Å². The molecule has 8 nitrogen and oxygen atoms in total. The van der Waals surface area contributed by atoms with Crippen LogP contribution in [-0.4, -0.2) is 44.3 Å². The van der Waals surface area contributed by atoms with Crippen molar-refractivity contribution >= 4 is 23.9 Å². The second-order valence-corrected chi connectivity index (χ2v) is 17.3. The monoisotopic (exact) mass is 775 g/mol. The third-order valence-electron chi connectivity index (χ3n) is 11.5. The molecule has 0 amide bonds. The van der Waals surface area contributed by atoms with Gasteiger partial charge in [0.05, 0.1) is 10.8 Å². The van der Waals surface area contributed by atoms with Crippen molar-refractivity contribution in [3.8, 4) is 0 Å². The molecule has 0 saturated heterocycles. The molecule has 318 valence electrons. The van der Waals surface area contributed by atoms with Crippen LogP contribution >= 0.6 is 0 Å². The van der Waals surface area contributed by atoms with E-state index in [-0.39, 0.29) is 12.8 Å². The Bertz CT molecular complexity index is 1120. The highest BCUT2D eigenvalue weighted by atomic mass is 16.4. The lowest BCUT2D eigenvalue weighted by atomic mass is 9.70. The average Bonchev–Trinajstić information content (AvgIpc) is 3.12. The SMILES string of the molecule is CC(C)CCCCCCCC(CCCCCCCC(C)C)(CCCC(=O)O)C(=O)O.CCCCC(CC)CC(CCCC(=O)O)(Cc1ccccc1)C(=O)O. The molecular formula is C47H82O8. The van der Waals surface area contributed by atoms with E-state index in [1.54, 1.807) is 0 Å². The molecule has 0 aliphatic carbocycles. The van der Waals surface area contributed by atoms with Crippen molar-refractivity contribution in [3.63, 3.8) is 0 Å². The largest absolute Gasteiger partial charge is 0.481 e. The summed E-state index contributed by atoms with van der Waals surface area (Å²) in [5, 5.41) is 38.0.